The Morgan fingerprint density at radius 2 is 1.95 bits per heavy atom. The number of hydrogen-bond donors (Lipinski definition) is 1. The van der Waals surface area contributed by atoms with Gasteiger partial charge in [-0.05, 0) is 12.1 Å². The molecule has 2 heterocycles. The molecule has 0 amide bonds. The molecule has 0 aliphatic heterocycles. The van der Waals surface area contributed by atoms with E-state index in [2.05, 4.69) is 9.97 Å². The quantitative estimate of drug-likeness (QED) is 0.739. The first-order valence-corrected chi connectivity index (χ1v) is 6.13. The molecule has 2 aromatic heterocycles. The van der Waals surface area contributed by atoms with E-state index in [1.807, 2.05) is 0 Å². The summed E-state index contributed by atoms with van der Waals surface area (Å²) in [6.45, 7) is 0. The summed E-state index contributed by atoms with van der Waals surface area (Å²) in [5, 5.41) is 0. The van der Waals surface area contributed by atoms with Crippen molar-refractivity contribution < 1.29 is 13.2 Å². The van der Waals surface area contributed by atoms with Crippen molar-refractivity contribution in [3.63, 3.8) is 0 Å². The molecular formula is C13H9F3N4O2. The molecule has 0 atom stereocenters. The van der Waals surface area contributed by atoms with Crippen molar-refractivity contribution in [3.05, 3.63) is 57.1 Å². The number of aromatic nitrogens is 4. The van der Waals surface area contributed by atoms with Crippen LogP contribution in [0.1, 0.15) is 5.69 Å². The molecule has 0 unspecified atom stereocenters. The van der Waals surface area contributed by atoms with Crippen molar-refractivity contribution in [2.45, 2.75) is 6.18 Å². The number of rotatable bonds is 1. The first-order chi connectivity index (χ1) is 10.3. The summed E-state index contributed by atoms with van der Waals surface area (Å²) in [5.74, 6) is 0. The van der Waals surface area contributed by atoms with Gasteiger partial charge in [-0.3, -0.25) is 9.36 Å². The van der Waals surface area contributed by atoms with Crippen LogP contribution in [0.2, 0.25) is 0 Å². The molecule has 1 aromatic carbocycles. The Morgan fingerprint density at radius 1 is 1.23 bits per heavy atom. The van der Waals surface area contributed by atoms with E-state index in [9.17, 15) is 22.8 Å². The Balaban J connectivity index is 2.39. The lowest BCUT2D eigenvalue weighted by atomic mass is 10.2. The summed E-state index contributed by atoms with van der Waals surface area (Å²) < 4.78 is 39.5. The van der Waals surface area contributed by atoms with Crippen LogP contribution in [0.5, 0.6) is 0 Å². The topological polar surface area (TPSA) is 72.7 Å². The minimum Gasteiger partial charge on any atom is -0.345 e. The summed E-state index contributed by atoms with van der Waals surface area (Å²) >= 11 is 0. The Morgan fingerprint density at radius 3 is 2.64 bits per heavy atom. The molecule has 0 radical (unpaired) electrons. The number of alkyl halides is 3. The van der Waals surface area contributed by atoms with Gasteiger partial charge in [0.05, 0.1) is 17.5 Å². The van der Waals surface area contributed by atoms with Gasteiger partial charge in [-0.2, -0.15) is 13.2 Å². The number of nitrogens with one attached hydrogen (secondary N) is 1. The van der Waals surface area contributed by atoms with E-state index in [1.165, 1.54) is 12.4 Å². The van der Waals surface area contributed by atoms with Gasteiger partial charge in [-0.25, -0.2) is 14.3 Å². The molecular weight excluding hydrogens is 301 g/mol. The molecule has 3 aromatic rings. The minimum absolute atomic E-state index is 0.123. The zero-order valence-electron chi connectivity index (χ0n) is 11.2. The molecule has 0 bridgehead atoms. The van der Waals surface area contributed by atoms with E-state index in [1.54, 1.807) is 12.1 Å². The highest BCUT2D eigenvalue weighted by atomic mass is 19.4. The Bertz CT molecular complexity index is 981. The second-order valence-electron chi connectivity index (χ2n) is 4.62. The molecule has 0 fully saturated rings. The lowest BCUT2D eigenvalue weighted by molar-refractivity contribution is -0.144. The van der Waals surface area contributed by atoms with Crippen LogP contribution in [0.3, 0.4) is 0 Å². The van der Waals surface area contributed by atoms with Crippen molar-refractivity contribution in [2.75, 3.05) is 0 Å². The first kappa shape index (κ1) is 14.1. The Hall–Kier alpha value is -2.84. The van der Waals surface area contributed by atoms with E-state index >= 15 is 0 Å². The smallest absolute Gasteiger partial charge is 0.345 e. The second-order valence-corrected chi connectivity index (χ2v) is 4.62. The van der Waals surface area contributed by atoms with Crippen LogP contribution in [-0.4, -0.2) is 19.1 Å². The number of benzene rings is 1. The second kappa shape index (κ2) is 4.58. The number of hydrogen-bond acceptors (Lipinski definition) is 3. The molecule has 22 heavy (non-hydrogen) atoms. The molecule has 1 N–H and O–H groups in total. The molecule has 3 rings (SSSR count). The highest BCUT2D eigenvalue weighted by Crippen LogP contribution is 2.27. The molecule has 9 heteroatoms. The standard InChI is InChI=1S/C13H9F3N4O2/c1-19-9(13(14,15)16)5-10(21)20(12(19)22)8-4-2-3-7-11(8)18-6-17-7/h2-6H,1H3,(H,17,18). The maximum atomic E-state index is 12.8. The van der Waals surface area contributed by atoms with Crippen LogP contribution in [0, 0.1) is 0 Å². The van der Waals surface area contributed by atoms with Gasteiger partial charge in [-0.1, -0.05) is 6.07 Å². The van der Waals surface area contributed by atoms with Gasteiger partial charge in [0.2, 0.25) is 0 Å². The summed E-state index contributed by atoms with van der Waals surface area (Å²) in [7, 11) is 0.964. The number of para-hydroxylation sites is 1. The predicted octanol–water partition coefficient (Wildman–Crippen LogP) is 1.43. The van der Waals surface area contributed by atoms with Gasteiger partial charge in [0.15, 0.2) is 0 Å². The van der Waals surface area contributed by atoms with Crippen molar-refractivity contribution in [1.82, 2.24) is 19.1 Å². The van der Waals surface area contributed by atoms with Crippen LogP contribution in [0.25, 0.3) is 16.7 Å². The molecule has 0 spiro atoms. The fraction of sp³-hybridized carbons (Fsp3) is 0.154. The van der Waals surface area contributed by atoms with Crippen LogP contribution in [-0.2, 0) is 13.2 Å². The third-order valence-corrected chi connectivity index (χ3v) is 3.28. The highest BCUT2D eigenvalue weighted by Gasteiger charge is 2.35. The number of imidazole rings is 1. The van der Waals surface area contributed by atoms with E-state index in [-0.39, 0.29) is 5.69 Å². The number of aromatic amines is 1. The zero-order valence-corrected chi connectivity index (χ0v) is 11.2. The van der Waals surface area contributed by atoms with Crippen molar-refractivity contribution in [1.29, 1.82) is 0 Å². The number of halogens is 3. The molecule has 0 aliphatic carbocycles. The molecule has 0 aliphatic rings. The normalized spacial score (nSPS) is 12.0. The molecule has 114 valence electrons. The maximum absolute atomic E-state index is 12.8. The van der Waals surface area contributed by atoms with E-state index in [4.69, 9.17) is 0 Å². The molecule has 6 nitrogen and oxygen atoms in total. The predicted molar refractivity (Wildman–Crippen MR) is 71.9 cm³/mol. The lowest BCUT2D eigenvalue weighted by Gasteiger charge is -2.14. The largest absolute Gasteiger partial charge is 0.431 e. The van der Waals surface area contributed by atoms with Gasteiger partial charge >= 0.3 is 11.9 Å². The summed E-state index contributed by atoms with van der Waals surface area (Å²) in [6.07, 6.45) is -3.42. The minimum atomic E-state index is -4.79. The van der Waals surface area contributed by atoms with Crippen LogP contribution in [0.15, 0.2) is 40.2 Å². The third-order valence-electron chi connectivity index (χ3n) is 3.28. The van der Waals surface area contributed by atoms with Crippen molar-refractivity contribution >= 4 is 11.0 Å². The maximum Gasteiger partial charge on any atom is 0.431 e. The Kier molecular flexibility index (Phi) is 2.94. The average molecular weight is 310 g/mol. The first-order valence-electron chi connectivity index (χ1n) is 6.13. The fourth-order valence-corrected chi connectivity index (χ4v) is 2.25. The zero-order chi connectivity index (χ0) is 16.1. The average Bonchev–Trinajstić information content (AvgIpc) is 2.91. The summed E-state index contributed by atoms with van der Waals surface area (Å²) in [6, 6.07) is 5.08. The summed E-state index contributed by atoms with van der Waals surface area (Å²) in [4.78, 5) is 31.0. The number of fused-ring (bicyclic) bond motifs is 1. The number of nitrogens with zero attached hydrogens (tertiary/aromatic N) is 3. The van der Waals surface area contributed by atoms with Gasteiger partial charge in [-0.15, -0.1) is 0 Å². The highest BCUT2D eigenvalue weighted by molar-refractivity contribution is 5.83. The molecule has 0 saturated carbocycles. The van der Waals surface area contributed by atoms with Gasteiger partial charge in [0.25, 0.3) is 5.56 Å². The van der Waals surface area contributed by atoms with Gasteiger partial charge < -0.3 is 4.98 Å². The van der Waals surface area contributed by atoms with E-state index in [0.717, 1.165) is 7.05 Å². The molecule has 0 saturated heterocycles. The van der Waals surface area contributed by atoms with Crippen LogP contribution in [0.4, 0.5) is 13.2 Å². The van der Waals surface area contributed by atoms with Gasteiger partial charge in [0, 0.05) is 13.1 Å². The van der Waals surface area contributed by atoms with Crippen LogP contribution >= 0.6 is 0 Å². The fourth-order valence-electron chi connectivity index (χ4n) is 2.25. The monoisotopic (exact) mass is 310 g/mol. The third kappa shape index (κ3) is 2.01. The van der Waals surface area contributed by atoms with Crippen molar-refractivity contribution in [2.24, 2.45) is 7.05 Å². The SMILES string of the molecule is Cn1c(C(F)(F)F)cc(=O)n(-c2cccc3[nH]cnc23)c1=O. The van der Waals surface area contributed by atoms with E-state index < -0.39 is 23.1 Å². The van der Waals surface area contributed by atoms with Crippen molar-refractivity contribution in [3.8, 4) is 5.69 Å². The lowest BCUT2D eigenvalue weighted by Crippen LogP contribution is -2.40. The van der Waals surface area contributed by atoms with Gasteiger partial charge in [0.1, 0.15) is 11.2 Å². The van der Waals surface area contributed by atoms with E-state index in [0.29, 0.717) is 26.2 Å². The van der Waals surface area contributed by atoms with Crippen LogP contribution < -0.4 is 11.2 Å². The summed E-state index contributed by atoms with van der Waals surface area (Å²) in [5.41, 5.74) is -2.44. The Labute approximate surface area is 120 Å². The number of H-pyrrole nitrogens is 1.